The van der Waals surface area contributed by atoms with E-state index >= 15 is 0 Å². The van der Waals surface area contributed by atoms with E-state index < -0.39 is 35.1 Å². The van der Waals surface area contributed by atoms with Gasteiger partial charge in [-0.3, -0.25) is 14.4 Å². The number of ether oxygens (including phenoxy) is 1. The first-order chi connectivity index (χ1) is 19.7. The Balaban J connectivity index is 2.42. The molecule has 0 saturated heterocycles. The Morgan fingerprint density at radius 1 is 1.07 bits per heavy atom. The van der Waals surface area contributed by atoms with Crippen LogP contribution in [0, 0.1) is 17.3 Å². The Labute approximate surface area is 250 Å². The van der Waals surface area contributed by atoms with Gasteiger partial charge in [0, 0.05) is 11.5 Å². The molecule has 0 radical (unpaired) electrons. The summed E-state index contributed by atoms with van der Waals surface area (Å²) in [5.74, 6) is -3.52. The highest BCUT2D eigenvalue weighted by Gasteiger charge is 2.55. The van der Waals surface area contributed by atoms with Gasteiger partial charge in [0.1, 0.15) is 23.2 Å². The second kappa shape index (κ2) is 13.5. The molecule has 0 bridgehead atoms. The maximum absolute atomic E-state index is 14.7. The number of aliphatic hydroxyl groups is 1. The van der Waals surface area contributed by atoms with Crippen molar-refractivity contribution < 1.29 is 29.3 Å². The molecule has 2 N–H and O–H groups in total. The van der Waals surface area contributed by atoms with Gasteiger partial charge >= 0.3 is 5.97 Å². The Morgan fingerprint density at radius 2 is 1.71 bits per heavy atom. The van der Waals surface area contributed by atoms with Crippen molar-refractivity contribution in [2.24, 2.45) is 17.3 Å². The molecular formula is C36H46O6. The first-order valence-corrected chi connectivity index (χ1v) is 14.8. The molecule has 1 aliphatic carbocycles. The number of carboxylic acids is 1. The van der Waals surface area contributed by atoms with Crippen LogP contribution in [0.15, 0.2) is 88.4 Å². The fraction of sp³-hybridized carbons (Fsp3) is 0.472. The molecular weight excluding hydrogens is 528 g/mol. The van der Waals surface area contributed by atoms with E-state index in [1.54, 1.807) is 26.0 Å². The van der Waals surface area contributed by atoms with Crippen LogP contribution in [0.2, 0.25) is 0 Å². The van der Waals surface area contributed by atoms with Crippen LogP contribution in [0.4, 0.5) is 0 Å². The van der Waals surface area contributed by atoms with Crippen molar-refractivity contribution in [3.63, 3.8) is 0 Å². The van der Waals surface area contributed by atoms with E-state index in [0.717, 1.165) is 23.1 Å². The second-order valence-electron chi connectivity index (χ2n) is 12.6. The molecule has 1 heterocycles. The molecule has 226 valence electrons. The highest BCUT2D eigenvalue weighted by Crippen LogP contribution is 2.53. The minimum absolute atomic E-state index is 0.0247. The number of hydrogen-bond acceptors (Lipinski definition) is 5. The number of aliphatic hydroxyl groups excluding tert-OH is 1. The quantitative estimate of drug-likeness (QED) is 0.193. The van der Waals surface area contributed by atoms with Crippen LogP contribution in [0.25, 0.3) is 0 Å². The smallest absolute Gasteiger partial charge is 0.304 e. The first-order valence-electron chi connectivity index (χ1n) is 14.8. The number of carboxylic acid groups (broad SMARTS) is 1. The molecule has 2 aliphatic rings. The highest BCUT2D eigenvalue weighted by atomic mass is 16.5. The lowest BCUT2D eigenvalue weighted by Gasteiger charge is -2.43. The molecule has 0 unspecified atom stereocenters. The molecule has 42 heavy (non-hydrogen) atoms. The summed E-state index contributed by atoms with van der Waals surface area (Å²) in [5, 5.41) is 22.4. The van der Waals surface area contributed by atoms with E-state index in [0.29, 0.717) is 12.0 Å². The lowest BCUT2D eigenvalue weighted by atomic mass is 9.61. The van der Waals surface area contributed by atoms with Gasteiger partial charge in [-0.15, -0.1) is 6.58 Å². The number of Topliss-reactive ketones (excluding diaryl/α,β-unsaturated/α-hetero) is 2. The summed E-state index contributed by atoms with van der Waals surface area (Å²) in [6.45, 7) is 17.4. The maximum atomic E-state index is 14.7. The minimum atomic E-state index is -1.47. The molecule has 0 spiro atoms. The van der Waals surface area contributed by atoms with Crippen LogP contribution >= 0.6 is 0 Å². The molecule has 1 aromatic rings. The third-order valence-electron chi connectivity index (χ3n) is 8.42. The van der Waals surface area contributed by atoms with Crippen molar-refractivity contribution in [2.45, 2.75) is 92.6 Å². The van der Waals surface area contributed by atoms with Crippen LogP contribution in [0.1, 0.15) is 92.1 Å². The fourth-order valence-corrected chi connectivity index (χ4v) is 6.03. The largest absolute Gasteiger partial charge is 0.511 e. The highest BCUT2D eigenvalue weighted by molar-refractivity contribution is 6.25. The van der Waals surface area contributed by atoms with Gasteiger partial charge in [-0.25, -0.2) is 0 Å². The van der Waals surface area contributed by atoms with Gasteiger partial charge in [0.05, 0.1) is 17.8 Å². The second-order valence-corrected chi connectivity index (χ2v) is 12.6. The number of hydrogen-bond donors (Lipinski definition) is 2. The normalized spacial score (nSPS) is 23.5. The number of aliphatic carboxylic acids is 1. The van der Waals surface area contributed by atoms with Gasteiger partial charge in [0.15, 0.2) is 11.6 Å². The summed E-state index contributed by atoms with van der Waals surface area (Å²) in [6.07, 6.45) is 5.04. The van der Waals surface area contributed by atoms with Gasteiger partial charge in [-0.05, 0) is 78.7 Å². The molecule has 0 aromatic heterocycles. The van der Waals surface area contributed by atoms with E-state index in [2.05, 4.69) is 12.7 Å². The molecule has 0 saturated carbocycles. The van der Waals surface area contributed by atoms with E-state index in [1.807, 2.05) is 58.9 Å². The van der Waals surface area contributed by atoms with Crippen LogP contribution in [-0.2, 0) is 19.1 Å². The number of rotatable bonds is 12. The summed E-state index contributed by atoms with van der Waals surface area (Å²) < 4.78 is 6.27. The Kier molecular flexibility index (Phi) is 10.6. The molecule has 5 atom stereocenters. The zero-order chi connectivity index (χ0) is 31.4. The summed E-state index contributed by atoms with van der Waals surface area (Å²) in [5.41, 5.74) is 2.42. The van der Waals surface area contributed by atoms with Crippen molar-refractivity contribution in [3.05, 3.63) is 94.0 Å². The lowest BCUT2D eigenvalue weighted by molar-refractivity contribution is -0.137. The molecule has 0 fully saturated rings. The van der Waals surface area contributed by atoms with Crippen molar-refractivity contribution in [3.8, 4) is 0 Å². The molecule has 6 heteroatoms. The van der Waals surface area contributed by atoms with Crippen LogP contribution < -0.4 is 0 Å². The van der Waals surface area contributed by atoms with Crippen molar-refractivity contribution in [1.82, 2.24) is 0 Å². The van der Waals surface area contributed by atoms with E-state index in [-0.39, 0.29) is 53.6 Å². The van der Waals surface area contributed by atoms with Gasteiger partial charge < -0.3 is 14.9 Å². The third kappa shape index (κ3) is 7.03. The topological polar surface area (TPSA) is 101 Å². The van der Waals surface area contributed by atoms with Crippen molar-refractivity contribution >= 4 is 17.5 Å². The predicted molar refractivity (Wildman–Crippen MR) is 166 cm³/mol. The Hall–Kier alpha value is -3.67. The number of allylic oxidation sites excluding steroid dienone is 8. The van der Waals surface area contributed by atoms with Gasteiger partial charge in [-0.1, -0.05) is 66.1 Å². The minimum Gasteiger partial charge on any atom is -0.511 e. The molecule has 6 nitrogen and oxygen atoms in total. The van der Waals surface area contributed by atoms with E-state index in [4.69, 9.17) is 4.74 Å². The van der Waals surface area contributed by atoms with Crippen LogP contribution in [0.5, 0.6) is 0 Å². The summed E-state index contributed by atoms with van der Waals surface area (Å²) >= 11 is 0. The summed E-state index contributed by atoms with van der Waals surface area (Å²) in [4.78, 5) is 40.9. The Bertz CT molecular complexity index is 1350. The maximum Gasteiger partial charge on any atom is 0.304 e. The zero-order valence-corrected chi connectivity index (χ0v) is 26.1. The van der Waals surface area contributed by atoms with Crippen molar-refractivity contribution in [2.75, 3.05) is 0 Å². The molecule has 0 amide bonds. The number of carbonyl (C=O) groups is 3. The average molecular weight is 575 g/mol. The molecule has 3 rings (SSSR count). The number of benzene rings is 1. The standard InChI is InChI=1S/C36H46O6/c1-21(2)14-15-26(18-23(5)6)20-36(17-16-22(3)4)34(40)30(28(19-29(37)38)27-12-10-9-11-13-27)33-31(35(36)41)32(39)24(7)25(8)42-33/h9-13,16,18,24-26,28,40H,1,14-15,17,19-20H2,2-8H3,(H,37,38)/t24-,25+,26-,28+,36-/m0/s1. The van der Waals surface area contributed by atoms with E-state index in [9.17, 15) is 24.6 Å². The van der Waals surface area contributed by atoms with E-state index in [1.165, 1.54) is 0 Å². The molecule has 1 aromatic carbocycles. The van der Waals surface area contributed by atoms with Crippen molar-refractivity contribution in [1.29, 1.82) is 0 Å². The van der Waals surface area contributed by atoms with Crippen LogP contribution in [0.3, 0.4) is 0 Å². The van der Waals surface area contributed by atoms with Crippen LogP contribution in [-0.4, -0.2) is 33.9 Å². The third-order valence-corrected chi connectivity index (χ3v) is 8.42. The zero-order valence-electron chi connectivity index (χ0n) is 26.1. The van der Waals surface area contributed by atoms with Gasteiger partial charge in [0.2, 0.25) is 0 Å². The number of carbonyl (C=O) groups excluding carboxylic acids is 2. The summed E-state index contributed by atoms with van der Waals surface area (Å²) in [6, 6.07) is 9.05. The lowest BCUT2D eigenvalue weighted by Crippen LogP contribution is -2.47. The SMILES string of the molecule is C=C(C)CC[C@@H](C=C(C)C)C[C@]1(CC=C(C)C)C(=O)C2=C(O[C@H](C)[C@H](C)C2=O)C([C@H](CC(=O)O)c2ccccc2)=C1O. The van der Waals surface area contributed by atoms with Gasteiger partial charge in [0.25, 0.3) is 0 Å². The Morgan fingerprint density at radius 3 is 2.26 bits per heavy atom. The predicted octanol–water partition coefficient (Wildman–Crippen LogP) is 8.19. The first kappa shape index (κ1) is 32.8. The summed E-state index contributed by atoms with van der Waals surface area (Å²) in [7, 11) is 0. The number of ketones is 2. The fourth-order valence-electron chi connectivity index (χ4n) is 6.03. The van der Waals surface area contributed by atoms with Gasteiger partial charge in [-0.2, -0.15) is 0 Å². The average Bonchev–Trinajstić information content (AvgIpc) is 2.91. The molecule has 1 aliphatic heterocycles. The monoisotopic (exact) mass is 574 g/mol.